The maximum Gasteiger partial charge on any atom is 0.240 e. The van der Waals surface area contributed by atoms with Crippen molar-refractivity contribution in [3.8, 4) is 0 Å². The molecule has 0 fully saturated rings. The number of hydrogen-bond donors (Lipinski definition) is 2. The Labute approximate surface area is 247 Å². The second kappa shape index (κ2) is 11.2. The number of fused-ring (bicyclic) bond motifs is 2. The smallest absolute Gasteiger partial charge is 0.210 e. The highest BCUT2D eigenvalue weighted by Gasteiger charge is 2.43. The number of benzene rings is 2. The van der Waals surface area contributed by atoms with Gasteiger partial charge in [-0.15, -0.1) is 0 Å². The van der Waals surface area contributed by atoms with Gasteiger partial charge in [-0.05, 0) is 52.0 Å². The molecule has 8 nitrogen and oxygen atoms in total. The summed E-state index contributed by atoms with van der Waals surface area (Å²) in [5.41, 5.74) is 5.98. The number of sulfonamides is 2. The third-order valence-electron chi connectivity index (χ3n) is 8.48. The van der Waals surface area contributed by atoms with Crippen LogP contribution in [0.3, 0.4) is 0 Å². The van der Waals surface area contributed by atoms with Crippen LogP contribution in [0.5, 0.6) is 0 Å². The van der Waals surface area contributed by atoms with E-state index in [2.05, 4.69) is 60.1 Å². The Hall–Kier alpha value is -1.70. The Balaban J connectivity index is 1.22. The summed E-state index contributed by atoms with van der Waals surface area (Å²) in [6, 6.07) is 10.6. The monoisotopic (exact) mass is 624 g/mol. The minimum atomic E-state index is -3.63. The predicted molar refractivity (Wildman–Crippen MR) is 167 cm³/mol. The Morgan fingerprint density at radius 3 is 1.38 bits per heavy atom. The second-order valence-electron chi connectivity index (χ2n) is 11.3. The predicted octanol–water partition coefficient (Wildman–Crippen LogP) is 4.38. The number of hydrogen-bond acceptors (Lipinski definition) is 6. The fraction of sp³-hybridized carbons (Fsp3) is 0.500. The summed E-state index contributed by atoms with van der Waals surface area (Å²) in [5, 5.41) is 0. The van der Waals surface area contributed by atoms with Gasteiger partial charge in [0.25, 0.3) is 0 Å². The molecule has 0 bridgehead atoms. The minimum Gasteiger partial charge on any atom is -0.210 e. The molecule has 0 amide bonds. The largest absolute Gasteiger partial charge is 0.240 e. The van der Waals surface area contributed by atoms with Crippen LogP contribution in [0.4, 0.5) is 11.4 Å². The van der Waals surface area contributed by atoms with E-state index in [-0.39, 0.29) is 33.7 Å². The molecule has 4 rings (SSSR count). The van der Waals surface area contributed by atoms with Crippen LogP contribution in [0.15, 0.2) is 46.2 Å². The summed E-state index contributed by atoms with van der Waals surface area (Å²) in [6.07, 6.45) is 0. The Morgan fingerprint density at radius 2 is 1.02 bits per heavy atom. The fourth-order valence-electron chi connectivity index (χ4n) is 5.26. The van der Waals surface area contributed by atoms with Gasteiger partial charge in [-0.1, -0.05) is 21.6 Å². The van der Waals surface area contributed by atoms with Crippen LogP contribution in [-0.2, 0) is 30.9 Å². The van der Waals surface area contributed by atoms with Crippen molar-refractivity contribution in [2.24, 2.45) is 0 Å². The van der Waals surface area contributed by atoms with Gasteiger partial charge >= 0.3 is 0 Å². The summed E-state index contributed by atoms with van der Waals surface area (Å²) in [4.78, 5) is 0.535. The lowest BCUT2D eigenvalue weighted by Gasteiger charge is -2.16. The second-order valence-corrected chi connectivity index (χ2v) is 17.6. The first-order valence-corrected chi connectivity index (χ1v) is 18.7. The lowest BCUT2D eigenvalue weighted by Crippen LogP contribution is -2.28. The van der Waals surface area contributed by atoms with Crippen molar-refractivity contribution >= 4 is 64.4 Å². The zero-order valence-corrected chi connectivity index (χ0v) is 27.7. The average Bonchev–Trinajstić information content (AvgIpc) is 3.18. The molecule has 218 valence electrons. The number of nitrogens with one attached hydrogen (secondary N) is 2. The van der Waals surface area contributed by atoms with Crippen molar-refractivity contribution in [2.75, 3.05) is 38.7 Å². The van der Waals surface area contributed by atoms with Crippen molar-refractivity contribution in [2.45, 2.75) is 62.2 Å². The van der Waals surface area contributed by atoms with E-state index < -0.39 is 20.0 Å². The minimum absolute atomic E-state index is 0.227. The molecule has 2 aliphatic heterocycles. The molecule has 0 saturated heterocycles. The van der Waals surface area contributed by atoms with Gasteiger partial charge in [-0.25, -0.2) is 35.4 Å². The molecule has 40 heavy (non-hydrogen) atoms. The summed E-state index contributed by atoms with van der Waals surface area (Å²) in [6.45, 7) is 13.1. The molecule has 2 aromatic rings. The van der Waals surface area contributed by atoms with Crippen LogP contribution >= 0.6 is 21.6 Å². The van der Waals surface area contributed by atoms with Gasteiger partial charge < -0.3 is 0 Å². The van der Waals surface area contributed by atoms with E-state index in [1.54, 1.807) is 24.3 Å². The molecule has 2 N–H and O–H groups in total. The molecule has 2 aliphatic rings. The van der Waals surface area contributed by atoms with Gasteiger partial charge in [0.1, 0.15) is 14.1 Å². The van der Waals surface area contributed by atoms with E-state index in [0.29, 0.717) is 11.5 Å². The highest BCUT2D eigenvalue weighted by molar-refractivity contribution is 8.76. The van der Waals surface area contributed by atoms with Gasteiger partial charge in [-0.2, -0.15) is 0 Å². The van der Waals surface area contributed by atoms with Crippen molar-refractivity contribution in [1.82, 2.24) is 9.44 Å². The van der Waals surface area contributed by atoms with Crippen molar-refractivity contribution in [3.63, 3.8) is 0 Å². The molecule has 2 aromatic carbocycles. The van der Waals surface area contributed by atoms with Gasteiger partial charge in [0.05, 0.1) is 20.6 Å². The van der Waals surface area contributed by atoms with Gasteiger partial charge in [0, 0.05) is 61.7 Å². The molecule has 0 atom stereocenters. The molecule has 0 radical (unpaired) electrons. The molecule has 0 unspecified atom stereocenters. The number of rotatable bonds is 11. The molecule has 0 aliphatic carbocycles. The molecule has 2 heterocycles. The first-order chi connectivity index (χ1) is 18.5. The zero-order valence-electron chi connectivity index (χ0n) is 24.5. The summed E-state index contributed by atoms with van der Waals surface area (Å²) >= 11 is 0. The summed E-state index contributed by atoms with van der Waals surface area (Å²) < 4.78 is 61.2. The van der Waals surface area contributed by atoms with Gasteiger partial charge in [0.15, 0.2) is 11.4 Å². The van der Waals surface area contributed by atoms with E-state index >= 15 is 0 Å². The SMILES string of the molecule is CC1=[N+](C)c2ccc(S(=O)(=O)NCCSSCCNS(=O)(=O)c3ccc4c(c3)C(C)(C)C(C)=[N+]4C)cc2C1(C)C. The van der Waals surface area contributed by atoms with E-state index in [0.717, 1.165) is 22.5 Å². The van der Waals surface area contributed by atoms with Crippen LogP contribution in [-0.4, -0.2) is 76.1 Å². The fourth-order valence-corrected chi connectivity index (χ4v) is 9.45. The maximum atomic E-state index is 12.9. The van der Waals surface area contributed by atoms with Crippen molar-refractivity contribution in [1.29, 1.82) is 0 Å². The van der Waals surface area contributed by atoms with Crippen molar-refractivity contribution in [3.05, 3.63) is 47.5 Å². The standard InChI is InChI=1S/C28H40N4O4S4/c1-19-27(3,4)23-17-21(9-11-25(23)31(19)7)39(33,34)29-13-15-37-38-16-14-30-40(35,36)22-10-12-26-24(18-22)28(5,6)20(2)32(26)8/h9-12,17-18,29-30H,13-16H2,1-8H3/q+2. The summed E-state index contributed by atoms with van der Waals surface area (Å²) in [5.74, 6) is 1.12. The van der Waals surface area contributed by atoms with E-state index in [9.17, 15) is 16.8 Å². The topological polar surface area (TPSA) is 98.4 Å². The van der Waals surface area contributed by atoms with E-state index in [1.165, 1.54) is 33.0 Å². The third kappa shape index (κ3) is 5.67. The Bertz CT molecular complexity index is 1500. The van der Waals surface area contributed by atoms with Crippen LogP contribution in [0.1, 0.15) is 52.7 Å². The first kappa shape index (κ1) is 31.2. The lowest BCUT2D eigenvalue weighted by molar-refractivity contribution is -0.403. The maximum absolute atomic E-state index is 12.9. The first-order valence-electron chi connectivity index (χ1n) is 13.2. The Kier molecular flexibility index (Phi) is 8.73. The van der Waals surface area contributed by atoms with E-state index in [4.69, 9.17) is 0 Å². The molecule has 0 saturated carbocycles. The zero-order chi connectivity index (χ0) is 29.7. The van der Waals surface area contributed by atoms with Crippen LogP contribution < -0.4 is 9.44 Å². The Morgan fingerprint density at radius 1 is 0.675 bits per heavy atom. The normalized spacial score (nSPS) is 17.9. The van der Waals surface area contributed by atoms with Crippen molar-refractivity contribution < 1.29 is 26.0 Å². The molecular formula is C28H40N4O4S4+2. The van der Waals surface area contributed by atoms with Crippen LogP contribution in [0, 0.1) is 0 Å². The average molecular weight is 625 g/mol. The molecular weight excluding hydrogens is 585 g/mol. The van der Waals surface area contributed by atoms with Gasteiger partial charge in [-0.3, -0.25) is 0 Å². The molecule has 12 heteroatoms. The third-order valence-corrected chi connectivity index (χ3v) is 13.8. The molecule has 0 spiro atoms. The quantitative estimate of drug-likeness (QED) is 0.219. The lowest BCUT2D eigenvalue weighted by atomic mass is 9.82. The number of nitrogens with zero attached hydrogens (tertiary/aromatic N) is 2. The van der Waals surface area contributed by atoms with Gasteiger partial charge in [0.2, 0.25) is 31.4 Å². The van der Waals surface area contributed by atoms with E-state index in [1.807, 2.05) is 26.2 Å². The van der Waals surface area contributed by atoms with Crippen LogP contribution in [0.25, 0.3) is 0 Å². The van der Waals surface area contributed by atoms with Crippen LogP contribution in [0.2, 0.25) is 0 Å². The summed E-state index contributed by atoms with van der Waals surface area (Å²) in [7, 11) is -0.241. The molecule has 0 aromatic heterocycles. The highest BCUT2D eigenvalue weighted by Crippen LogP contribution is 2.41. The highest BCUT2D eigenvalue weighted by atomic mass is 33.1.